The molecule has 130 valence electrons. The topological polar surface area (TPSA) is 104 Å². The number of nitrogens with zero attached hydrogens (tertiary/aromatic N) is 2. The van der Waals surface area contributed by atoms with Gasteiger partial charge in [0.25, 0.3) is 5.91 Å². The summed E-state index contributed by atoms with van der Waals surface area (Å²) in [5.41, 5.74) is 4.93. The Morgan fingerprint density at radius 3 is 2.30 bits per heavy atom. The zero-order chi connectivity index (χ0) is 17.5. The Morgan fingerprint density at radius 1 is 1.22 bits per heavy atom. The van der Waals surface area contributed by atoms with Gasteiger partial charge in [-0.25, -0.2) is 0 Å². The van der Waals surface area contributed by atoms with Gasteiger partial charge in [-0.05, 0) is 25.7 Å². The standard InChI is InChI=1S/C16H27N3O4/c1-9(2)12(17)14(22)18-8-16(15(18)23)6-5-7-19(16)13(21)10(3)11(4)20/h9-12,20H,5-8,17H2,1-4H3. The highest BCUT2D eigenvalue weighted by molar-refractivity contribution is 6.09. The number of imide groups is 1. The van der Waals surface area contributed by atoms with Crippen LogP contribution in [0.4, 0.5) is 0 Å². The van der Waals surface area contributed by atoms with Crippen molar-refractivity contribution in [2.45, 2.75) is 58.2 Å². The number of nitrogens with two attached hydrogens (primary N) is 1. The average Bonchev–Trinajstić information content (AvgIpc) is 2.95. The molecule has 2 rings (SSSR count). The fraction of sp³-hybridized carbons (Fsp3) is 0.812. The van der Waals surface area contributed by atoms with Crippen LogP contribution in [0.3, 0.4) is 0 Å². The van der Waals surface area contributed by atoms with Crippen LogP contribution in [0.25, 0.3) is 0 Å². The first-order chi connectivity index (χ1) is 10.6. The highest BCUT2D eigenvalue weighted by atomic mass is 16.3. The van der Waals surface area contributed by atoms with Crippen LogP contribution in [0.5, 0.6) is 0 Å². The van der Waals surface area contributed by atoms with E-state index in [1.165, 1.54) is 4.90 Å². The Bertz CT molecular complexity index is 519. The molecule has 0 saturated carbocycles. The van der Waals surface area contributed by atoms with E-state index >= 15 is 0 Å². The van der Waals surface area contributed by atoms with E-state index in [9.17, 15) is 19.5 Å². The minimum Gasteiger partial charge on any atom is -0.393 e. The summed E-state index contributed by atoms with van der Waals surface area (Å²) >= 11 is 0. The lowest BCUT2D eigenvalue weighted by Crippen LogP contribution is -2.75. The Kier molecular flexibility index (Phi) is 4.82. The molecule has 1 spiro atoms. The third kappa shape index (κ3) is 2.76. The lowest BCUT2D eigenvalue weighted by Gasteiger charge is -2.51. The van der Waals surface area contributed by atoms with Crippen LogP contribution in [-0.4, -0.2) is 63.4 Å². The highest BCUT2D eigenvalue weighted by Gasteiger charge is 2.62. The molecule has 0 aromatic heterocycles. The monoisotopic (exact) mass is 325 g/mol. The van der Waals surface area contributed by atoms with Crippen molar-refractivity contribution in [1.82, 2.24) is 9.80 Å². The molecule has 2 fully saturated rings. The average molecular weight is 325 g/mol. The third-order valence-corrected chi connectivity index (χ3v) is 5.20. The van der Waals surface area contributed by atoms with Crippen LogP contribution in [0.15, 0.2) is 0 Å². The summed E-state index contributed by atoms with van der Waals surface area (Å²) < 4.78 is 0. The number of β-lactam (4-membered cyclic amide) rings is 1. The number of likely N-dealkylation sites (tertiary alicyclic amines) is 2. The van der Waals surface area contributed by atoms with Crippen molar-refractivity contribution >= 4 is 17.7 Å². The van der Waals surface area contributed by atoms with Gasteiger partial charge in [-0.1, -0.05) is 20.8 Å². The number of hydrogen-bond acceptors (Lipinski definition) is 5. The van der Waals surface area contributed by atoms with Crippen LogP contribution < -0.4 is 5.73 Å². The zero-order valence-corrected chi connectivity index (χ0v) is 14.3. The third-order valence-electron chi connectivity index (χ3n) is 5.20. The van der Waals surface area contributed by atoms with E-state index in [4.69, 9.17) is 5.73 Å². The van der Waals surface area contributed by atoms with Gasteiger partial charge in [0.1, 0.15) is 5.54 Å². The molecule has 0 bridgehead atoms. The second-order valence-electron chi connectivity index (χ2n) is 7.15. The van der Waals surface area contributed by atoms with Gasteiger partial charge in [-0.3, -0.25) is 19.3 Å². The molecule has 3 amide bonds. The van der Waals surface area contributed by atoms with Crippen LogP contribution in [-0.2, 0) is 14.4 Å². The number of carbonyl (C=O) groups is 3. The highest BCUT2D eigenvalue weighted by Crippen LogP contribution is 2.40. The van der Waals surface area contributed by atoms with E-state index < -0.39 is 23.6 Å². The zero-order valence-electron chi connectivity index (χ0n) is 14.3. The predicted octanol–water partition coefficient (Wildman–Crippen LogP) is -0.283. The minimum absolute atomic E-state index is 0.0524. The Morgan fingerprint density at radius 2 is 1.83 bits per heavy atom. The van der Waals surface area contributed by atoms with Crippen LogP contribution in [0.2, 0.25) is 0 Å². The number of rotatable bonds is 4. The summed E-state index contributed by atoms with van der Waals surface area (Å²) in [6.45, 7) is 7.57. The summed E-state index contributed by atoms with van der Waals surface area (Å²) in [7, 11) is 0. The first-order valence-electron chi connectivity index (χ1n) is 8.24. The molecule has 2 aliphatic rings. The maximum Gasteiger partial charge on any atom is 0.257 e. The molecule has 7 heteroatoms. The van der Waals surface area contributed by atoms with Crippen molar-refractivity contribution < 1.29 is 19.5 Å². The van der Waals surface area contributed by atoms with Crippen molar-refractivity contribution in [1.29, 1.82) is 0 Å². The summed E-state index contributed by atoms with van der Waals surface area (Å²) in [6, 6.07) is -0.710. The van der Waals surface area contributed by atoms with Gasteiger partial charge in [0.15, 0.2) is 0 Å². The molecule has 0 radical (unpaired) electrons. The summed E-state index contributed by atoms with van der Waals surface area (Å²) in [5, 5.41) is 9.64. The smallest absolute Gasteiger partial charge is 0.257 e. The van der Waals surface area contributed by atoms with E-state index in [2.05, 4.69) is 0 Å². The lowest BCUT2D eigenvalue weighted by molar-refractivity contribution is -0.176. The maximum absolute atomic E-state index is 12.7. The van der Waals surface area contributed by atoms with E-state index in [1.807, 2.05) is 13.8 Å². The van der Waals surface area contributed by atoms with Crippen LogP contribution in [0, 0.1) is 11.8 Å². The molecule has 2 saturated heterocycles. The number of aliphatic hydroxyl groups is 1. The lowest BCUT2D eigenvalue weighted by atomic mass is 9.83. The SMILES string of the molecule is CC(C)C(N)C(=O)N1CC2(CCCN2C(=O)C(C)C(C)O)C1=O. The minimum atomic E-state index is -0.910. The molecular formula is C16H27N3O4. The van der Waals surface area contributed by atoms with Gasteiger partial charge in [0.2, 0.25) is 11.8 Å². The molecule has 3 N–H and O–H groups in total. The van der Waals surface area contributed by atoms with Crippen molar-refractivity contribution in [3.05, 3.63) is 0 Å². The number of aliphatic hydroxyl groups excluding tert-OH is 1. The quantitative estimate of drug-likeness (QED) is 0.692. The van der Waals surface area contributed by atoms with Gasteiger partial charge in [-0.2, -0.15) is 0 Å². The van der Waals surface area contributed by atoms with Crippen molar-refractivity contribution in [2.24, 2.45) is 17.6 Å². The molecule has 4 unspecified atom stereocenters. The Balaban J connectivity index is 2.13. The van der Waals surface area contributed by atoms with Crippen LogP contribution in [0.1, 0.15) is 40.5 Å². The Labute approximate surface area is 136 Å². The number of carbonyl (C=O) groups excluding carboxylic acids is 3. The van der Waals surface area contributed by atoms with Crippen molar-refractivity contribution in [3.63, 3.8) is 0 Å². The number of amides is 3. The van der Waals surface area contributed by atoms with Gasteiger partial charge in [0.05, 0.1) is 24.6 Å². The van der Waals surface area contributed by atoms with Gasteiger partial charge in [-0.15, -0.1) is 0 Å². The van der Waals surface area contributed by atoms with Gasteiger partial charge >= 0.3 is 0 Å². The van der Waals surface area contributed by atoms with Crippen molar-refractivity contribution in [3.8, 4) is 0 Å². The first kappa shape index (κ1) is 17.9. The predicted molar refractivity (Wildman–Crippen MR) is 84.1 cm³/mol. The normalized spacial score (nSPS) is 28.0. The molecule has 4 atom stereocenters. The summed E-state index contributed by atoms with van der Waals surface area (Å²) in [4.78, 5) is 40.2. The van der Waals surface area contributed by atoms with E-state index in [1.54, 1.807) is 18.7 Å². The van der Waals surface area contributed by atoms with E-state index in [0.717, 1.165) is 6.42 Å². The molecule has 0 aromatic rings. The molecule has 2 heterocycles. The molecule has 23 heavy (non-hydrogen) atoms. The molecule has 0 aliphatic carbocycles. The molecule has 0 aromatic carbocycles. The van der Waals surface area contributed by atoms with E-state index in [0.29, 0.717) is 13.0 Å². The molecule has 7 nitrogen and oxygen atoms in total. The largest absolute Gasteiger partial charge is 0.393 e. The first-order valence-corrected chi connectivity index (χ1v) is 8.24. The fourth-order valence-corrected chi connectivity index (χ4v) is 3.24. The Hall–Kier alpha value is -1.47. The van der Waals surface area contributed by atoms with E-state index in [-0.39, 0.29) is 30.2 Å². The van der Waals surface area contributed by atoms with Crippen molar-refractivity contribution in [2.75, 3.05) is 13.1 Å². The van der Waals surface area contributed by atoms with Crippen LogP contribution >= 0.6 is 0 Å². The fourth-order valence-electron chi connectivity index (χ4n) is 3.24. The number of hydrogen-bond donors (Lipinski definition) is 2. The van der Waals surface area contributed by atoms with Gasteiger partial charge in [0, 0.05) is 6.54 Å². The molecule has 2 aliphatic heterocycles. The molecular weight excluding hydrogens is 298 g/mol. The summed E-state index contributed by atoms with van der Waals surface area (Å²) in [5.74, 6) is -1.56. The second kappa shape index (κ2) is 6.20. The maximum atomic E-state index is 12.7. The second-order valence-corrected chi connectivity index (χ2v) is 7.15. The van der Waals surface area contributed by atoms with Gasteiger partial charge < -0.3 is 15.7 Å². The summed E-state index contributed by atoms with van der Waals surface area (Å²) in [6.07, 6.45) is 0.509.